The van der Waals surface area contributed by atoms with Gasteiger partial charge in [0.15, 0.2) is 0 Å². The zero-order valence-electron chi connectivity index (χ0n) is 10.8. The summed E-state index contributed by atoms with van der Waals surface area (Å²) in [5, 5.41) is 0. The van der Waals surface area contributed by atoms with Gasteiger partial charge in [-0.25, -0.2) is 0 Å². The van der Waals surface area contributed by atoms with Crippen LogP contribution >= 0.6 is 0 Å². The third-order valence-electron chi connectivity index (χ3n) is 3.05. The summed E-state index contributed by atoms with van der Waals surface area (Å²) < 4.78 is 35.9. The van der Waals surface area contributed by atoms with Gasteiger partial charge in [0.1, 0.15) is 5.75 Å². The zero-order valence-corrected chi connectivity index (χ0v) is 11.6. The Hall–Kier alpha value is -1.92. The van der Waals surface area contributed by atoms with E-state index in [1.807, 2.05) is 12.2 Å². The SMILES string of the molecule is CC1(C(=O)Oc2ccc(S(=O)(=O)O)cc2)C=CC=CC1. The van der Waals surface area contributed by atoms with Crippen LogP contribution in [0.3, 0.4) is 0 Å². The van der Waals surface area contributed by atoms with Crippen LogP contribution in [0.5, 0.6) is 5.75 Å². The highest BCUT2D eigenvalue weighted by Crippen LogP contribution is 2.29. The smallest absolute Gasteiger partial charge is 0.321 e. The molecule has 1 aliphatic carbocycles. The number of esters is 1. The van der Waals surface area contributed by atoms with E-state index in [2.05, 4.69) is 0 Å². The number of hydrogen-bond donors (Lipinski definition) is 1. The predicted octanol–water partition coefficient (Wildman–Crippen LogP) is 2.36. The minimum absolute atomic E-state index is 0.228. The lowest BCUT2D eigenvalue weighted by Gasteiger charge is -2.23. The quantitative estimate of drug-likeness (QED) is 0.526. The van der Waals surface area contributed by atoms with Crippen molar-refractivity contribution in [1.29, 1.82) is 0 Å². The second-order valence-corrected chi connectivity index (χ2v) is 6.17. The Morgan fingerprint density at radius 1 is 1.25 bits per heavy atom. The van der Waals surface area contributed by atoms with Crippen molar-refractivity contribution in [3.8, 4) is 5.75 Å². The lowest BCUT2D eigenvalue weighted by atomic mass is 9.84. The van der Waals surface area contributed by atoms with Crippen molar-refractivity contribution < 1.29 is 22.5 Å². The van der Waals surface area contributed by atoms with Crippen molar-refractivity contribution in [2.75, 3.05) is 0 Å². The molecular weight excluding hydrogens is 280 g/mol. The molecule has 0 amide bonds. The van der Waals surface area contributed by atoms with Gasteiger partial charge >= 0.3 is 5.97 Å². The molecule has 0 fully saturated rings. The molecule has 0 heterocycles. The molecule has 5 nitrogen and oxygen atoms in total. The Morgan fingerprint density at radius 2 is 1.90 bits per heavy atom. The Kier molecular flexibility index (Phi) is 3.78. The van der Waals surface area contributed by atoms with Crippen LogP contribution in [-0.2, 0) is 14.9 Å². The van der Waals surface area contributed by atoms with Gasteiger partial charge in [-0.15, -0.1) is 0 Å². The molecule has 0 saturated carbocycles. The van der Waals surface area contributed by atoms with Gasteiger partial charge in [0.05, 0.1) is 10.3 Å². The molecule has 6 heteroatoms. The third kappa shape index (κ3) is 3.15. The summed E-state index contributed by atoms with van der Waals surface area (Å²) in [6.45, 7) is 1.77. The van der Waals surface area contributed by atoms with Gasteiger partial charge in [-0.1, -0.05) is 24.3 Å². The van der Waals surface area contributed by atoms with Crippen LogP contribution in [0, 0.1) is 5.41 Å². The molecule has 0 aliphatic heterocycles. The lowest BCUT2D eigenvalue weighted by molar-refractivity contribution is -0.142. The van der Waals surface area contributed by atoms with E-state index in [1.54, 1.807) is 19.1 Å². The summed E-state index contributed by atoms with van der Waals surface area (Å²) >= 11 is 0. The Bertz CT molecular complexity index is 670. The number of benzene rings is 1. The molecule has 1 unspecified atom stereocenters. The minimum Gasteiger partial charge on any atom is -0.426 e. The van der Waals surface area contributed by atoms with Gasteiger partial charge in [-0.05, 0) is 37.6 Å². The Morgan fingerprint density at radius 3 is 2.40 bits per heavy atom. The van der Waals surface area contributed by atoms with Crippen LogP contribution in [0.4, 0.5) is 0 Å². The molecule has 0 spiro atoms. The van der Waals surface area contributed by atoms with E-state index >= 15 is 0 Å². The van der Waals surface area contributed by atoms with Crippen LogP contribution < -0.4 is 4.74 Å². The van der Waals surface area contributed by atoms with Crippen LogP contribution in [0.1, 0.15) is 13.3 Å². The second kappa shape index (κ2) is 5.22. The van der Waals surface area contributed by atoms with Crippen molar-refractivity contribution in [1.82, 2.24) is 0 Å². The van der Waals surface area contributed by atoms with E-state index < -0.39 is 21.5 Å². The van der Waals surface area contributed by atoms with Gasteiger partial charge in [-0.2, -0.15) is 8.42 Å². The van der Waals surface area contributed by atoms with Crippen molar-refractivity contribution in [2.24, 2.45) is 5.41 Å². The van der Waals surface area contributed by atoms with Crippen molar-refractivity contribution >= 4 is 16.1 Å². The molecule has 20 heavy (non-hydrogen) atoms. The highest BCUT2D eigenvalue weighted by molar-refractivity contribution is 7.85. The fourth-order valence-electron chi connectivity index (χ4n) is 1.78. The van der Waals surface area contributed by atoms with Gasteiger partial charge in [0, 0.05) is 0 Å². The van der Waals surface area contributed by atoms with Gasteiger partial charge in [-0.3, -0.25) is 9.35 Å². The number of carbonyl (C=O) groups is 1. The van der Waals surface area contributed by atoms with E-state index in [9.17, 15) is 13.2 Å². The van der Waals surface area contributed by atoms with Crippen molar-refractivity contribution in [3.63, 3.8) is 0 Å². The molecule has 1 atom stereocenters. The van der Waals surface area contributed by atoms with Crippen LogP contribution in [0.2, 0.25) is 0 Å². The van der Waals surface area contributed by atoms with E-state index in [4.69, 9.17) is 9.29 Å². The highest BCUT2D eigenvalue weighted by Gasteiger charge is 2.32. The first-order valence-corrected chi connectivity index (χ1v) is 7.39. The van der Waals surface area contributed by atoms with E-state index in [1.165, 1.54) is 24.3 Å². The number of hydrogen-bond acceptors (Lipinski definition) is 4. The fraction of sp³-hybridized carbons (Fsp3) is 0.214. The van der Waals surface area contributed by atoms with Gasteiger partial charge in [0.25, 0.3) is 10.1 Å². The molecule has 0 bridgehead atoms. The maximum atomic E-state index is 12.1. The lowest BCUT2D eigenvalue weighted by Crippen LogP contribution is -2.30. The predicted molar refractivity (Wildman–Crippen MR) is 72.9 cm³/mol. The number of rotatable bonds is 3. The maximum absolute atomic E-state index is 12.1. The van der Waals surface area contributed by atoms with Crippen LogP contribution in [0.15, 0.2) is 53.5 Å². The fourth-order valence-corrected chi connectivity index (χ4v) is 2.26. The first kappa shape index (κ1) is 14.5. The van der Waals surface area contributed by atoms with Gasteiger partial charge in [0.2, 0.25) is 0 Å². The first-order valence-electron chi connectivity index (χ1n) is 5.95. The van der Waals surface area contributed by atoms with Crippen molar-refractivity contribution in [2.45, 2.75) is 18.2 Å². The molecule has 0 aromatic heterocycles. The third-order valence-corrected chi connectivity index (χ3v) is 3.92. The van der Waals surface area contributed by atoms with E-state index in [0.717, 1.165) is 0 Å². The number of carbonyl (C=O) groups excluding carboxylic acids is 1. The summed E-state index contributed by atoms with van der Waals surface area (Å²) in [5.41, 5.74) is -0.726. The largest absolute Gasteiger partial charge is 0.426 e. The molecule has 0 radical (unpaired) electrons. The number of ether oxygens (including phenoxy) is 1. The normalized spacial score (nSPS) is 21.7. The zero-order chi connectivity index (χ0) is 14.8. The van der Waals surface area contributed by atoms with Crippen LogP contribution in [-0.4, -0.2) is 18.9 Å². The molecule has 1 aliphatic rings. The molecular formula is C14H14O5S. The topological polar surface area (TPSA) is 80.7 Å². The Balaban J connectivity index is 2.13. The second-order valence-electron chi connectivity index (χ2n) is 4.74. The summed E-state index contributed by atoms with van der Waals surface area (Å²) in [5.74, 6) is -0.190. The maximum Gasteiger partial charge on any atom is 0.321 e. The van der Waals surface area contributed by atoms with E-state index in [-0.39, 0.29) is 10.6 Å². The standard InChI is InChI=1S/C14H14O5S/c1-14(9-3-2-4-10-14)13(15)19-11-5-7-12(8-6-11)20(16,17)18/h2-9H,10H2,1H3,(H,16,17,18). The minimum atomic E-state index is -4.24. The average molecular weight is 294 g/mol. The first-order chi connectivity index (χ1) is 9.31. The molecule has 1 N–H and O–H groups in total. The van der Waals surface area contributed by atoms with Crippen LogP contribution in [0.25, 0.3) is 0 Å². The summed E-state index contributed by atoms with van der Waals surface area (Å²) in [4.78, 5) is 11.8. The molecule has 2 rings (SSSR count). The monoisotopic (exact) mass is 294 g/mol. The molecule has 106 valence electrons. The molecule has 0 saturated heterocycles. The van der Waals surface area contributed by atoms with Crippen molar-refractivity contribution in [3.05, 3.63) is 48.6 Å². The summed E-state index contributed by atoms with van der Waals surface area (Å²) in [7, 11) is -4.24. The highest BCUT2D eigenvalue weighted by atomic mass is 32.2. The number of allylic oxidation sites excluding steroid dienone is 3. The molecule has 1 aromatic rings. The summed E-state index contributed by atoms with van der Waals surface area (Å²) in [6, 6.07) is 5.01. The van der Waals surface area contributed by atoms with Gasteiger partial charge < -0.3 is 4.74 Å². The molecule has 1 aromatic carbocycles. The van der Waals surface area contributed by atoms with E-state index in [0.29, 0.717) is 6.42 Å². The average Bonchev–Trinajstić information content (AvgIpc) is 2.39. The summed E-state index contributed by atoms with van der Waals surface area (Å²) in [6.07, 6.45) is 7.83. The Labute approximate surface area is 117 Å².